The Morgan fingerprint density at radius 1 is 1.83 bits per heavy atom. The molecule has 1 aliphatic heterocycles. The van der Waals surface area contributed by atoms with Gasteiger partial charge in [-0.05, 0) is 18.4 Å². The average Bonchev–Trinajstić information content (AvgIpc) is 2.30. The standard InChI is InChI=1S/C9H16N2O/c1-3-4-8(10)11-6-7(2)5-9(11)12/h4,7H,3,5-6,10H2,1-2H3/b8-4+. The summed E-state index contributed by atoms with van der Waals surface area (Å²) in [6.45, 7) is 4.86. The van der Waals surface area contributed by atoms with E-state index in [2.05, 4.69) is 6.92 Å². The topological polar surface area (TPSA) is 46.3 Å². The van der Waals surface area contributed by atoms with Crippen molar-refractivity contribution < 1.29 is 4.79 Å². The molecule has 1 unspecified atom stereocenters. The van der Waals surface area contributed by atoms with Gasteiger partial charge in [0.05, 0.1) is 0 Å². The molecular formula is C9H16N2O. The number of hydrogen-bond donors (Lipinski definition) is 1. The Morgan fingerprint density at radius 3 is 2.92 bits per heavy atom. The van der Waals surface area contributed by atoms with E-state index >= 15 is 0 Å². The van der Waals surface area contributed by atoms with Crippen LogP contribution in [-0.2, 0) is 4.79 Å². The van der Waals surface area contributed by atoms with E-state index in [4.69, 9.17) is 5.73 Å². The molecule has 0 spiro atoms. The maximum Gasteiger partial charge on any atom is 0.228 e. The van der Waals surface area contributed by atoms with Crippen LogP contribution >= 0.6 is 0 Å². The number of rotatable bonds is 2. The number of likely N-dealkylation sites (tertiary alicyclic amines) is 1. The van der Waals surface area contributed by atoms with E-state index in [1.807, 2.05) is 13.0 Å². The molecule has 0 saturated carbocycles. The third kappa shape index (κ3) is 1.78. The van der Waals surface area contributed by atoms with E-state index < -0.39 is 0 Å². The van der Waals surface area contributed by atoms with Gasteiger partial charge >= 0.3 is 0 Å². The van der Waals surface area contributed by atoms with Crippen LogP contribution < -0.4 is 5.73 Å². The van der Waals surface area contributed by atoms with Gasteiger partial charge in [-0.3, -0.25) is 9.69 Å². The van der Waals surface area contributed by atoms with Crippen LogP contribution in [0.15, 0.2) is 11.9 Å². The Hall–Kier alpha value is -0.990. The van der Waals surface area contributed by atoms with E-state index in [-0.39, 0.29) is 5.91 Å². The highest BCUT2D eigenvalue weighted by Gasteiger charge is 2.27. The van der Waals surface area contributed by atoms with Crippen molar-refractivity contribution in [2.45, 2.75) is 26.7 Å². The first-order valence-electron chi connectivity index (χ1n) is 4.41. The monoisotopic (exact) mass is 168 g/mol. The second-order valence-corrected chi connectivity index (χ2v) is 3.35. The highest BCUT2D eigenvalue weighted by atomic mass is 16.2. The number of carbonyl (C=O) groups is 1. The molecule has 0 aromatic rings. The zero-order chi connectivity index (χ0) is 9.14. The van der Waals surface area contributed by atoms with Gasteiger partial charge in [0.2, 0.25) is 5.91 Å². The third-order valence-corrected chi connectivity index (χ3v) is 2.04. The van der Waals surface area contributed by atoms with Crippen molar-refractivity contribution in [1.82, 2.24) is 4.90 Å². The fourth-order valence-electron chi connectivity index (χ4n) is 1.46. The van der Waals surface area contributed by atoms with E-state index in [1.54, 1.807) is 4.90 Å². The van der Waals surface area contributed by atoms with Crippen LogP contribution in [0.5, 0.6) is 0 Å². The fourth-order valence-corrected chi connectivity index (χ4v) is 1.46. The summed E-state index contributed by atoms with van der Waals surface area (Å²) in [6, 6.07) is 0. The molecule has 1 heterocycles. The lowest BCUT2D eigenvalue weighted by Crippen LogP contribution is -2.29. The Balaban J connectivity index is 2.64. The summed E-state index contributed by atoms with van der Waals surface area (Å²) in [7, 11) is 0. The van der Waals surface area contributed by atoms with Gasteiger partial charge in [-0.1, -0.05) is 13.8 Å². The molecule has 1 saturated heterocycles. The minimum absolute atomic E-state index is 0.157. The fraction of sp³-hybridized carbons (Fsp3) is 0.667. The Kier molecular flexibility index (Phi) is 2.74. The van der Waals surface area contributed by atoms with Crippen LogP contribution in [0.25, 0.3) is 0 Å². The predicted molar refractivity (Wildman–Crippen MR) is 48.1 cm³/mol. The lowest BCUT2D eigenvalue weighted by Gasteiger charge is -2.15. The van der Waals surface area contributed by atoms with Gasteiger partial charge in [0, 0.05) is 13.0 Å². The van der Waals surface area contributed by atoms with Gasteiger partial charge in [-0.15, -0.1) is 0 Å². The molecule has 3 heteroatoms. The lowest BCUT2D eigenvalue weighted by molar-refractivity contribution is -0.126. The Morgan fingerprint density at radius 2 is 2.50 bits per heavy atom. The van der Waals surface area contributed by atoms with E-state index in [0.717, 1.165) is 13.0 Å². The van der Waals surface area contributed by atoms with Gasteiger partial charge in [0.1, 0.15) is 5.82 Å². The first-order valence-corrected chi connectivity index (χ1v) is 4.41. The molecule has 1 atom stereocenters. The number of allylic oxidation sites excluding steroid dienone is 1. The Bertz CT molecular complexity index is 211. The largest absolute Gasteiger partial charge is 0.385 e. The van der Waals surface area contributed by atoms with Crippen molar-refractivity contribution in [2.75, 3.05) is 6.54 Å². The van der Waals surface area contributed by atoms with Crippen molar-refractivity contribution in [3.8, 4) is 0 Å². The quantitative estimate of drug-likeness (QED) is 0.670. The van der Waals surface area contributed by atoms with Gasteiger partial charge in [0.25, 0.3) is 0 Å². The number of amides is 1. The maximum atomic E-state index is 11.3. The first kappa shape index (κ1) is 9.10. The van der Waals surface area contributed by atoms with Crippen molar-refractivity contribution in [1.29, 1.82) is 0 Å². The lowest BCUT2D eigenvalue weighted by atomic mass is 10.2. The summed E-state index contributed by atoms with van der Waals surface area (Å²) in [5, 5.41) is 0. The molecule has 68 valence electrons. The summed E-state index contributed by atoms with van der Waals surface area (Å²) in [5.74, 6) is 1.22. The van der Waals surface area contributed by atoms with E-state index in [0.29, 0.717) is 18.2 Å². The van der Waals surface area contributed by atoms with Crippen LogP contribution in [-0.4, -0.2) is 17.4 Å². The van der Waals surface area contributed by atoms with E-state index in [9.17, 15) is 4.79 Å². The molecule has 1 fully saturated rings. The van der Waals surface area contributed by atoms with Crippen LogP contribution in [0, 0.1) is 5.92 Å². The molecule has 0 aliphatic carbocycles. The maximum absolute atomic E-state index is 11.3. The molecule has 0 bridgehead atoms. The second kappa shape index (κ2) is 3.61. The molecule has 1 aliphatic rings. The van der Waals surface area contributed by atoms with Crippen LogP contribution in [0.2, 0.25) is 0 Å². The zero-order valence-corrected chi connectivity index (χ0v) is 7.71. The van der Waals surface area contributed by atoms with Crippen molar-refractivity contribution in [3.05, 3.63) is 11.9 Å². The normalized spacial score (nSPS) is 25.2. The van der Waals surface area contributed by atoms with Crippen molar-refractivity contribution in [2.24, 2.45) is 11.7 Å². The van der Waals surface area contributed by atoms with Crippen molar-refractivity contribution in [3.63, 3.8) is 0 Å². The predicted octanol–water partition coefficient (Wildman–Crippen LogP) is 1.06. The van der Waals surface area contributed by atoms with E-state index in [1.165, 1.54) is 0 Å². The highest BCUT2D eigenvalue weighted by molar-refractivity contribution is 5.80. The van der Waals surface area contributed by atoms with Crippen LogP contribution in [0.4, 0.5) is 0 Å². The summed E-state index contributed by atoms with van der Waals surface area (Å²) in [5.41, 5.74) is 5.71. The number of hydrogen-bond acceptors (Lipinski definition) is 2. The van der Waals surface area contributed by atoms with Crippen molar-refractivity contribution >= 4 is 5.91 Å². The molecule has 0 aromatic carbocycles. The van der Waals surface area contributed by atoms with Gasteiger partial charge in [-0.25, -0.2) is 0 Å². The molecule has 3 nitrogen and oxygen atoms in total. The van der Waals surface area contributed by atoms with Gasteiger partial charge in [0.15, 0.2) is 0 Å². The molecule has 12 heavy (non-hydrogen) atoms. The molecule has 1 rings (SSSR count). The summed E-state index contributed by atoms with van der Waals surface area (Å²) in [6.07, 6.45) is 3.40. The molecule has 1 amide bonds. The molecule has 2 N–H and O–H groups in total. The number of carbonyl (C=O) groups excluding carboxylic acids is 1. The summed E-state index contributed by atoms with van der Waals surface area (Å²) in [4.78, 5) is 13.0. The minimum atomic E-state index is 0.157. The average molecular weight is 168 g/mol. The Labute approximate surface area is 73.2 Å². The van der Waals surface area contributed by atoms with Gasteiger partial charge < -0.3 is 5.73 Å². The van der Waals surface area contributed by atoms with Gasteiger partial charge in [-0.2, -0.15) is 0 Å². The molecule has 0 radical (unpaired) electrons. The summed E-state index contributed by atoms with van der Waals surface area (Å²) >= 11 is 0. The highest BCUT2D eigenvalue weighted by Crippen LogP contribution is 2.19. The second-order valence-electron chi connectivity index (χ2n) is 3.35. The number of nitrogens with two attached hydrogens (primary N) is 1. The molecular weight excluding hydrogens is 152 g/mol. The number of nitrogens with zero attached hydrogens (tertiary/aromatic N) is 1. The SMILES string of the molecule is CC/C=C(\N)N1CC(C)CC1=O. The van der Waals surface area contributed by atoms with Crippen LogP contribution in [0.1, 0.15) is 26.7 Å². The third-order valence-electron chi connectivity index (χ3n) is 2.04. The minimum Gasteiger partial charge on any atom is -0.385 e. The van der Waals surface area contributed by atoms with Crippen LogP contribution in [0.3, 0.4) is 0 Å². The molecule has 0 aromatic heterocycles. The summed E-state index contributed by atoms with van der Waals surface area (Å²) < 4.78 is 0. The zero-order valence-electron chi connectivity index (χ0n) is 7.71. The first-order chi connectivity index (χ1) is 5.65. The smallest absolute Gasteiger partial charge is 0.228 e.